The van der Waals surface area contributed by atoms with E-state index in [-0.39, 0.29) is 29.0 Å². The van der Waals surface area contributed by atoms with E-state index in [4.69, 9.17) is 5.73 Å². The van der Waals surface area contributed by atoms with Crippen LogP contribution in [0.1, 0.15) is 47.5 Å². The molecule has 5 nitrogen and oxygen atoms in total. The molecule has 0 saturated heterocycles. The number of hydrogen-bond acceptors (Lipinski definition) is 4. The van der Waals surface area contributed by atoms with Crippen LogP contribution < -0.4 is 11.1 Å². The summed E-state index contributed by atoms with van der Waals surface area (Å²) in [6.45, 7) is 10.2. The van der Waals surface area contributed by atoms with E-state index in [1.165, 1.54) is 0 Å². The first-order chi connectivity index (χ1) is 8.22. The molecule has 6 heteroatoms. The fourth-order valence-electron chi connectivity index (χ4n) is 2.27. The molecular weight excluding hydrogens is 264 g/mol. The van der Waals surface area contributed by atoms with Crippen LogP contribution in [0.3, 0.4) is 0 Å². The minimum Gasteiger partial charge on any atom is -0.350 e. The first-order valence-electron chi connectivity index (χ1n) is 6.47. The highest BCUT2D eigenvalue weighted by Gasteiger charge is 2.28. The average Bonchev–Trinajstić information content (AvgIpc) is 2.07. The van der Waals surface area contributed by atoms with Gasteiger partial charge in [-0.25, -0.2) is 8.42 Å². The van der Waals surface area contributed by atoms with Gasteiger partial charge in [0.15, 0.2) is 0 Å². The zero-order valence-electron chi connectivity index (χ0n) is 12.9. The summed E-state index contributed by atoms with van der Waals surface area (Å²) in [5.41, 5.74) is 5.45. The quantitative estimate of drug-likeness (QED) is 0.766. The fraction of sp³-hybridized carbons (Fsp3) is 0.923. The Balaban J connectivity index is 4.44. The van der Waals surface area contributed by atoms with Crippen molar-refractivity contribution >= 4 is 15.7 Å². The van der Waals surface area contributed by atoms with Crippen molar-refractivity contribution in [3.8, 4) is 0 Å². The van der Waals surface area contributed by atoms with Gasteiger partial charge in [-0.05, 0) is 32.1 Å². The summed E-state index contributed by atoms with van der Waals surface area (Å²) in [5, 5.41) is 2.89. The van der Waals surface area contributed by atoms with Gasteiger partial charge in [0.05, 0.1) is 11.8 Å². The standard InChI is InChI=1S/C13H28N2O3S/c1-12(2,3)9-13(4,5)15-11(16)10(14)7-8-19(6,17)18/h10H,7-9,14H2,1-6H3,(H,15,16). The first-order valence-corrected chi connectivity index (χ1v) is 8.53. The summed E-state index contributed by atoms with van der Waals surface area (Å²) in [7, 11) is -3.09. The van der Waals surface area contributed by atoms with E-state index < -0.39 is 15.9 Å². The summed E-state index contributed by atoms with van der Waals surface area (Å²) < 4.78 is 22.1. The van der Waals surface area contributed by atoms with Crippen LogP contribution in [0.25, 0.3) is 0 Å². The molecule has 3 N–H and O–H groups in total. The molecule has 0 aliphatic rings. The maximum atomic E-state index is 11.9. The van der Waals surface area contributed by atoms with Gasteiger partial charge in [-0.1, -0.05) is 20.8 Å². The number of nitrogens with one attached hydrogen (secondary N) is 1. The van der Waals surface area contributed by atoms with E-state index in [9.17, 15) is 13.2 Å². The molecule has 1 atom stereocenters. The Morgan fingerprint density at radius 1 is 1.21 bits per heavy atom. The highest BCUT2D eigenvalue weighted by molar-refractivity contribution is 7.90. The van der Waals surface area contributed by atoms with Crippen molar-refractivity contribution in [1.29, 1.82) is 0 Å². The third-order valence-corrected chi connectivity index (χ3v) is 3.55. The Morgan fingerprint density at radius 3 is 2.05 bits per heavy atom. The second-order valence-corrected chi connectivity index (χ2v) is 9.40. The Bertz CT molecular complexity index is 408. The zero-order valence-corrected chi connectivity index (χ0v) is 13.7. The van der Waals surface area contributed by atoms with Gasteiger partial charge in [-0.3, -0.25) is 4.79 Å². The van der Waals surface area contributed by atoms with Gasteiger partial charge in [0.25, 0.3) is 0 Å². The molecule has 114 valence electrons. The van der Waals surface area contributed by atoms with Crippen LogP contribution >= 0.6 is 0 Å². The van der Waals surface area contributed by atoms with Gasteiger partial charge >= 0.3 is 0 Å². The fourth-order valence-corrected chi connectivity index (χ4v) is 2.95. The first kappa shape index (κ1) is 18.4. The topological polar surface area (TPSA) is 89.3 Å². The molecule has 1 amide bonds. The minimum atomic E-state index is -3.09. The third kappa shape index (κ3) is 9.90. The van der Waals surface area contributed by atoms with Crippen LogP contribution in [-0.4, -0.2) is 37.9 Å². The molecule has 0 heterocycles. The van der Waals surface area contributed by atoms with Gasteiger partial charge in [0.1, 0.15) is 9.84 Å². The number of nitrogens with two attached hydrogens (primary N) is 1. The average molecular weight is 292 g/mol. The second kappa shape index (κ2) is 6.22. The summed E-state index contributed by atoms with van der Waals surface area (Å²) >= 11 is 0. The third-order valence-electron chi connectivity index (χ3n) is 2.57. The smallest absolute Gasteiger partial charge is 0.237 e. The van der Waals surface area contributed by atoms with Crippen molar-refractivity contribution in [1.82, 2.24) is 5.32 Å². The van der Waals surface area contributed by atoms with Crippen molar-refractivity contribution in [3.63, 3.8) is 0 Å². The summed E-state index contributed by atoms with van der Waals surface area (Å²) in [6.07, 6.45) is 2.10. The Kier molecular flexibility index (Phi) is 6.02. The number of carbonyl (C=O) groups excluding carboxylic acids is 1. The molecule has 0 fully saturated rings. The lowest BCUT2D eigenvalue weighted by molar-refractivity contribution is -0.124. The van der Waals surface area contributed by atoms with E-state index in [1.807, 2.05) is 13.8 Å². The van der Waals surface area contributed by atoms with Gasteiger partial charge in [0.2, 0.25) is 5.91 Å². The van der Waals surface area contributed by atoms with Crippen molar-refractivity contribution in [2.45, 2.75) is 59.0 Å². The number of carbonyl (C=O) groups is 1. The van der Waals surface area contributed by atoms with E-state index in [0.717, 1.165) is 12.7 Å². The van der Waals surface area contributed by atoms with Gasteiger partial charge in [0, 0.05) is 11.8 Å². The molecule has 0 aliphatic heterocycles. The lowest BCUT2D eigenvalue weighted by Crippen LogP contribution is -2.52. The van der Waals surface area contributed by atoms with Crippen LogP contribution in [0.15, 0.2) is 0 Å². The molecule has 0 bridgehead atoms. The largest absolute Gasteiger partial charge is 0.350 e. The lowest BCUT2D eigenvalue weighted by Gasteiger charge is -2.34. The predicted octanol–water partition coefficient (Wildman–Crippen LogP) is 1.08. The van der Waals surface area contributed by atoms with E-state index >= 15 is 0 Å². The van der Waals surface area contributed by atoms with Crippen LogP contribution in [0.4, 0.5) is 0 Å². The van der Waals surface area contributed by atoms with Crippen LogP contribution in [0.2, 0.25) is 0 Å². The monoisotopic (exact) mass is 292 g/mol. The van der Waals surface area contributed by atoms with Crippen molar-refractivity contribution in [2.24, 2.45) is 11.1 Å². The minimum absolute atomic E-state index is 0.0682. The summed E-state index contributed by atoms with van der Waals surface area (Å²) in [4.78, 5) is 11.9. The molecule has 19 heavy (non-hydrogen) atoms. The number of rotatable bonds is 6. The Hall–Kier alpha value is -0.620. The van der Waals surface area contributed by atoms with Gasteiger partial charge in [-0.2, -0.15) is 0 Å². The number of sulfone groups is 1. The van der Waals surface area contributed by atoms with Crippen LogP contribution in [0, 0.1) is 5.41 Å². The highest BCUT2D eigenvalue weighted by Crippen LogP contribution is 2.26. The molecule has 0 aromatic rings. The molecule has 0 spiro atoms. The maximum Gasteiger partial charge on any atom is 0.237 e. The number of hydrogen-bond donors (Lipinski definition) is 2. The molecule has 0 saturated carbocycles. The zero-order chi connectivity index (χ0) is 15.5. The van der Waals surface area contributed by atoms with Gasteiger partial charge in [-0.15, -0.1) is 0 Å². The molecule has 0 radical (unpaired) electrons. The molecule has 0 aromatic carbocycles. The van der Waals surface area contributed by atoms with Crippen molar-refractivity contribution in [2.75, 3.05) is 12.0 Å². The maximum absolute atomic E-state index is 11.9. The Morgan fingerprint density at radius 2 is 1.68 bits per heavy atom. The molecule has 1 unspecified atom stereocenters. The summed E-state index contributed by atoms with van der Waals surface area (Å²) in [5.74, 6) is -0.362. The Labute approximate surface area is 117 Å². The lowest BCUT2D eigenvalue weighted by atomic mass is 9.81. The molecule has 0 aromatic heterocycles. The van der Waals surface area contributed by atoms with E-state index in [2.05, 4.69) is 26.1 Å². The van der Waals surface area contributed by atoms with Crippen molar-refractivity contribution < 1.29 is 13.2 Å². The van der Waals surface area contributed by atoms with E-state index in [0.29, 0.717) is 0 Å². The summed E-state index contributed by atoms with van der Waals surface area (Å²) in [6, 6.07) is -0.783. The van der Waals surface area contributed by atoms with Crippen molar-refractivity contribution in [3.05, 3.63) is 0 Å². The van der Waals surface area contributed by atoms with E-state index in [1.54, 1.807) is 0 Å². The normalized spacial score (nSPS) is 15.1. The second-order valence-electron chi connectivity index (χ2n) is 7.14. The van der Waals surface area contributed by atoms with Gasteiger partial charge < -0.3 is 11.1 Å². The van der Waals surface area contributed by atoms with Crippen LogP contribution in [-0.2, 0) is 14.6 Å². The van der Waals surface area contributed by atoms with Crippen LogP contribution in [0.5, 0.6) is 0 Å². The number of amides is 1. The molecular formula is C13H28N2O3S. The highest BCUT2D eigenvalue weighted by atomic mass is 32.2. The molecule has 0 rings (SSSR count). The molecule has 0 aliphatic carbocycles. The SMILES string of the molecule is CC(C)(C)CC(C)(C)NC(=O)C(N)CCS(C)(=O)=O. The predicted molar refractivity (Wildman–Crippen MR) is 78.6 cm³/mol.